The summed E-state index contributed by atoms with van der Waals surface area (Å²) < 4.78 is 0.575. The quantitative estimate of drug-likeness (QED) is 0.592. The van der Waals surface area contributed by atoms with Crippen LogP contribution in [0.4, 0.5) is 5.69 Å². The van der Waals surface area contributed by atoms with Crippen LogP contribution < -0.4 is 0 Å². The van der Waals surface area contributed by atoms with E-state index in [1.807, 2.05) is 0 Å². The predicted molar refractivity (Wildman–Crippen MR) is 74.6 cm³/mol. The fourth-order valence-corrected chi connectivity index (χ4v) is 2.56. The minimum Gasteiger partial charge on any atom is -0.618 e. The molecule has 0 atom stereocenters. The Morgan fingerprint density at radius 1 is 1.05 bits per heavy atom. The molecule has 0 radical (unpaired) electrons. The van der Waals surface area contributed by atoms with E-state index in [2.05, 4.69) is 0 Å². The Bertz CT molecular complexity index is 738. The summed E-state index contributed by atoms with van der Waals surface area (Å²) in [6.07, 6.45) is 0. The first-order valence-electron chi connectivity index (χ1n) is 5.53. The zero-order valence-corrected chi connectivity index (χ0v) is 11.1. The van der Waals surface area contributed by atoms with Crippen LogP contribution in [0.1, 0.15) is 15.9 Å². The molecule has 0 N–H and O–H groups in total. The Kier molecular flexibility index (Phi) is 2.81. The van der Waals surface area contributed by atoms with E-state index < -0.39 is 0 Å². The molecule has 1 aliphatic rings. The van der Waals surface area contributed by atoms with Crippen LogP contribution in [0.15, 0.2) is 42.5 Å². The number of halogens is 2. The van der Waals surface area contributed by atoms with Crippen LogP contribution in [0.25, 0.3) is 0 Å². The number of Topliss-reactive ketones (excluding diaryl/α,β-unsaturated/α-hetero) is 1. The lowest BCUT2D eigenvalue weighted by molar-refractivity contribution is -0.355. The summed E-state index contributed by atoms with van der Waals surface area (Å²) in [5.41, 5.74) is 1.05. The van der Waals surface area contributed by atoms with Crippen molar-refractivity contribution < 1.29 is 9.53 Å². The minimum absolute atomic E-state index is 0.0469. The Morgan fingerprint density at radius 3 is 2.47 bits per heavy atom. The first-order chi connectivity index (χ1) is 9.09. The van der Waals surface area contributed by atoms with Crippen LogP contribution in [-0.2, 0) is 0 Å². The smallest absolute Gasteiger partial charge is 0.273 e. The average molecular weight is 292 g/mol. The number of ketones is 1. The van der Waals surface area contributed by atoms with Crippen molar-refractivity contribution in [2.45, 2.75) is 0 Å². The zero-order valence-electron chi connectivity index (χ0n) is 9.56. The SMILES string of the molecule is O=C1C(c2cccc(Cl)c2)=[N+]([O-])c2c(Cl)cccc21. The summed E-state index contributed by atoms with van der Waals surface area (Å²) in [5, 5.41) is 13.0. The third-order valence-corrected chi connectivity index (χ3v) is 3.49. The molecule has 5 heteroatoms. The van der Waals surface area contributed by atoms with Gasteiger partial charge < -0.3 is 5.21 Å². The fraction of sp³-hybridized carbons (Fsp3) is 0. The molecule has 2 aromatic carbocycles. The standard InChI is InChI=1S/C14H7Cl2NO2/c15-9-4-1-3-8(7-9)12-14(18)10-5-2-6-11(16)13(10)17(12)19/h1-7H. The van der Waals surface area contributed by atoms with Crippen LogP contribution in [0, 0.1) is 5.21 Å². The molecule has 1 aliphatic heterocycles. The van der Waals surface area contributed by atoms with Gasteiger partial charge in [0.25, 0.3) is 11.5 Å². The molecule has 3 nitrogen and oxygen atoms in total. The van der Waals surface area contributed by atoms with E-state index >= 15 is 0 Å². The maximum atomic E-state index is 12.3. The number of benzene rings is 2. The van der Waals surface area contributed by atoms with Crippen molar-refractivity contribution in [1.29, 1.82) is 0 Å². The van der Waals surface area contributed by atoms with Gasteiger partial charge in [0.1, 0.15) is 10.6 Å². The van der Waals surface area contributed by atoms with Gasteiger partial charge in [-0.15, -0.1) is 0 Å². The fourth-order valence-electron chi connectivity index (χ4n) is 2.12. The molecular weight excluding hydrogens is 285 g/mol. The molecular formula is C14H7Cl2NO2. The second-order valence-electron chi connectivity index (χ2n) is 4.12. The number of nitrogens with zero attached hydrogens (tertiary/aromatic N) is 1. The molecule has 0 aromatic heterocycles. The highest BCUT2D eigenvalue weighted by atomic mass is 35.5. The van der Waals surface area contributed by atoms with E-state index in [9.17, 15) is 10.0 Å². The summed E-state index contributed by atoms with van der Waals surface area (Å²) in [4.78, 5) is 12.3. The maximum absolute atomic E-state index is 12.3. The Labute approximate surface area is 119 Å². The van der Waals surface area contributed by atoms with Crippen molar-refractivity contribution in [3.05, 3.63) is 68.8 Å². The lowest BCUT2D eigenvalue weighted by atomic mass is 10.0. The summed E-state index contributed by atoms with van der Waals surface area (Å²) in [6.45, 7) is 0. The molecule has 19 heavy (non-hydrogen) atoms. The molecule has 0 fully saturated rings. The topological polar surface area (TPSA) is 43.1 Å². The maximum Gasteiger partial charge on any atom is 0.273 e. The average Bonchev–Trinajstić information content (AvgIpc) is 2.63. The first kappa shape index (κ1) is 12.2. The van der Waals surface area contributed by atoms with Crippen molar-refractivity contribution in [1.82, 2.24) is 0 Å². The van der Waals surface area contributed by atoms with Crippen molar-refractivity contribution in [2.75, 3.05) is 0 Å². The van der Waals surface area contributed by atoms with Crippen molar-refractivity contribution >= 4 is 40.4 Å². The van der Waals surface area contributed by atoms with Gasteiger partial charge >= 0.3 is 0 Å². The third kappa shape index (κ3) is 1.82. The number of carbonyl (C=O) groups is 1. The molecule has 0 saturated carbocycles. The van der Waals surface area contributed by atoms with Crippen LogP contribution >= 0.6 is 23.2 Å². The molecule has 0 aliphatic carbocycles. The van der Waals surface area contributed by atoms with Gasteiger partial charge in [0, 0.05) is 5.02 Å². The highest BCUT2D eigenvalue weighted by Crippen LogP contribution is 2.34. The van der Waals surface area contributed by atoms with Gasteiger partial charge in [-0.3, -0.25) is 4.79 Å². The van der Waals surface area contributed by atoms with E-state index in [0.717, 1.165) is 0 Å². The number of fused-ring (bicyclic) bond motifs is 1. The van der Waals surface area contributed by atoms with Gasteiger partial charge in [-0.05, 0) is 30.3 Å². The largest absolute Gasteiger partial charge is 0.618 e. The number of carbonyl (C=O) groups excluding carboxylic acids is 1. The van der Waals surface area contributed by atoms with Gasteiger partial charge in [0.05, 0.1) is 5.56 Å². The number of rotatable bonds is 1. The monoisotopic (exact) mass is 291 g/mol. The Hall–Kier alpha value is -1.84. The van der Waals surface area contributed by atoms with Crippen molar-refractivity contribution in [3.8, 4) is 0 Å². The van der Waals surface area contributed by atoms with E-state index in [0.29, 0.717) is 20.9 Å². The Balaban J connectivity index is 2.25. The normalized spacial score (nSPS) is 13.9. The van der Waals surface area contributed by atoms with Crippen LogP contribution in [0.5, 0.6) is 0 Å². The van der Waals surface area contributed by atoms with Gasteiger partial charge in [-0.25, -0.2) is 0 Å². The highest BCUT2D eigenvalue weighted by Gasteiger charge is 2.38. The predicted octanol–water partition coefficient (Wildman–Crippen LogP) is 3.82. The second kappa shape index (κ2) is 4.37. The molecule has 0 unspecified atom stereocenters. The molecule has 94 valence electrons. The van der Waals surface area contributed by atoms with E-state index in [1.54, 1.807) is 42.5 Å². The van der Waals surface area contributed by atoms with Crippen molar-refractivity contribution in [2.24, 2.45) is 0 Å². The van der Waals surface area contributed by atoms with E-state index in [1.165, 1.54) is 0 Å². The number of hydrogen-bond acceptors (Lipinski definition) is 2. The third-order valence-electron chi connectivity index (χ3n) is 2.95. The lowest BCUT2D eigenvalue weighted by Crippen LogP contribution is -2.16. The van der Waals surface area contributed by atoms with Crippen molar-refractivity contribution in [3.63, 3.8) is 0 Å². The van der Waals surface area contributed by atoms with Crippen LogP contribution in [0.2, 0.25) is 10.0 Å². The molecule has 0 saturated heterocycles. The highest BCUT2D eigenvalue weighted by molar-refractivity contribution is 6.53. The van der Waals surface area contributed by atoms with Gasteiger partial charge in [-0.2, -0.15) is 4.74 Å². The van der Waals surface area contributed by atoms with Crippen LogP contribution in [0.3, 0.4) is 0 Å². The summed E-state index contributed by atoms with van der Waals surface area (Å²) >= 11 is 11.9. The number of para-hydroxylation sites is 1. The molecule has 1 heterocycles. The molecule has 0 bridgehead atoms. The molecule has 0 spiro atoms. The molecule has 2 aromatic rings. The zero-order chi connectivity index (χ0) is 13.6. The van der Waals surface area contributed by atoms with E-state index in [4.69, 9.17) is 23.2 Å². The van der Waals surface area contributed by atoms with Crippen LogP contribution in [-0.4, -0.2) is 16.2 Å². The summed E-state index contributed by atoms with van der Waals surface area (Å²) in [7, 11) is 0. The lowest BCUT2D eigenvalue weighted by Gasteiger charge is -2.03. The van der Waals surface area contributed by atoms with Gasteiger partial charge in [0.15, 0.2) is 0 Å². The summed E-state index contributed by atoms with van der Waals surface area (Å²) in [5.74, 6) is -0.338. The van der Waals surface area contributed by atoms with Gasteiger partial charge in [-0.1, -0.05) is 35.3 Å². The van der Waals surface area contributed by atoms with E-state index in [-0.39, 0.29) is 22.2 Å². The first-order valence-corrected chi connectivity index (χ1v) is 6.28. The minimum atomic E-state index is -0.338. The van der Waals surface area contributed by atoms with Gasteiger partial charge in [0.2, 0.25) is 5.69 Å². The molecule has 0 amide bonds. The second-order valence-corrected chi connectivity index (χ2v) is 4.96. The summed E-state index contributed by atoms with van der Waals surface area (Å²) in [6, 6.07) is 11.4. The molecule has 3 rings (SSSR count). The Morgan fingerprint density at radius 2 is 1.79 bits per heavy atom. The number of hydrogen-bond donors (Lipinski definition) is 0.